The lowest BCUT2D eigenvalue weighted by Gasteiger charge is -1.88. The second-order valence-electron chi connectivity index (χ2n) is 1.48. The molecule has 0 aliphatic rings. The van der Waals surface area contributed by atoms with Crippen LogP contribution in [0.1, 0.15) is 19.5 Å². The summed E-state index contributed by atoms with van der Waals surface area (Å²) in [6.45, 7) is 4.03. The van der Waals surface area contributed by atoms with Crippen LogP contribution in [0.2, 0.25) is 0 Å². The molecule has 0 aliphatic heterocycles. The van der Waals surface area contributed by atoms with Crippen LogP contribution in [0.15, 0.2) is 24.4 Å². The van der Waals surface area contributed by atoms with Crippen LogP contribution in [0.25, 0.3) is 0 Å². The SMILES string of the molecule is CC.OCc1ccccn1. The van der Waals surface area contributed by atoms with Crippen LogP contribution in [0.5, 0.6) is 0 Å². The maximum atomic E-state index is 8.48. The third-order valence-electron chi connectivity index (χ3n) is 0.888. The Balaban J connectivity index is 0.000000371. The van der Waals surface area contributed by atoms with E-state index in [9.17, 15) is 0 Å². The summed E-state index contributed by atoms with van der Waals surface area (Å²) in [6, 6.07) is 5.44. The minimum Gasteiger partial charge on any atom is -0.390 e. The number of aromatic nitrogens is 1. The molecule has 0 amide bonds. The van der Waals surface area contributed by atoms with E-state index in [1.807, 2.05) is 26.0 Å². The van der Waals surface area contributed by atoms with E-state index in [0.717, 1.165) is 0 Å². The lowest BCUT2D eigenvalue weighted by atomic mass is 10.4. The van der Waals surface area contributed by atoms with Crippen molar-refractivity contribution in [2.75, 3.05) is 0 Å². The highest BCUT2D eigenvalue weighted by molar-refractivity contribution is 5.01. The Morgan fingerprint density at radius 2 is 2.10 bits per heavy atom. The molecule has 1 aromatic rings. The van der Waals surface area contributed by atoms with Gasteiger partial charge in [0.15, 0.2) is 0 Å². The molecule has 1 aromatic heterocycles. The predicted octanol–water partition coefficient (Wildman–Crippen LogP) is 1.60. The molecule has 0 fully saturated rings. The molecule has 1 N–H and O–H groups in total. The Hall–Kier alpha value is -0.890. The summed E-state index contributed by atoms with van der Waals surface area (Å²) in [5.41, 5.74) is 0.715. The first-order chi connectivity index (χ1) is 4.93. The second kappa shape index (κ2) is 6.23. The average Bonchev–Trinajstić information content (AvgIpc) is 2.10. The van der Waals surface area contributed by atoms with Crippen LogP contribution in [0, 0.1) is 0 Å². The lowest BCUT2D eigenvalue weighted by Crippen LogP contribution is -1.84. The van der Waals surface area contributed by atoms with Gasteiger partial charge in [-0.3, -0.25) is 4.98 Å². The molecule has 1 rings (SSSR count). The molecule has 0 atom stereocenters. The highest BCUT2D eigenvalue weighted by Gasteiger charge is 1.82. The normalized spacial score (nSPS) is 7.90. The molecule has 2 nitrogen and oxygen atoms in total. The highest BCUT2D eigenvalue weighted by atomic mass is 16.3. The Morgan fingerprint density at radius 3 is 2.40 bits per heavy atom. The van der Waals surface area contributed by atoms with Crippen LogP contribution in [0.3, 0.4) is 0 Å². The van der Waals surface area contributed by atoms with Crippen molar-refractivity contribution in [2.24, 2.45) is 0 Å². The van der Waals surface area contributed by atoms with Crippen molar-refractivity contribution in [3.05, 3.63) is 30.1 Å². The second-order valence-corrected chi connectivity index (χ2v) is 1.48. The molecule has 0 unspecified atom stereocenters. The number of aliphatic hydroxyl groups excluding tert-OH is 1. The largest absolute Gasteiger partial charge is 0.390 e. The first-order valence-electron chi connectivity index (χ1n) is 3.44. The Labute approximate surface area is 61.5 Å². The third kappa shape index (κ3) is 3.20. The molecular formula is C8H13NO. The zero-order valence-corrected chi connectivity index (χ0v) is 6.41. The van der Waals surface area contributed by atoms with Crippen molar-refractivity contribution in [2.45, 2.75) is 20.5 Å². The van der Waals surface area contributed by atoms with Gasteiger partial charge in [0.2, 0.25) is 0 Å². The van der Waals surface area contributed by atoms with Gasteiger partial charge in [0, 0.05) is 6.20 Å². The van der Waals surface area contributed by atoms with Gasteiger partial charge >= 0.3 is 0 Å². The topological polar surface area (TPSA) is 33.1 Å². The smallest absolute Gasteiger partial charge is 0.0852 e. The lowest BCUT2D eigenvalue weighted by molar-refractivity contribution is 0.277. The number of nitrogens with zero attached hydrogens (tertiary/aromatic N) is 1. The molecular weight excluding hydrogens is 126 g/mol. The van der Waals surface area contributed by atoms with Gasteiger partial charge < -0.3 is 5.11 Å². The van der Waals surface area contributed by atoms with E-state index >= 15 is 0 Å². The fourth-order valence-electron chi connectivity index (χ4n) is 0.492. The summed E-state index contributed by atoms with van der Waals surface area (Å²) in [5.74, 6) is 0. The number of aliphatic hydroxyl groups is 1. The van der Waals surface area contributed by atoms with Crippen molar-refractivity contribution >= 4 is 0 Å². The maximum absolute atomic E-state index is 8.48. The molecule has 0 radical (unpaired) electrons. The molecule has 0 saturated heterocycles. The van der Waals surface area contributed by atoms with Crippen molar-refractivity contribution in [3.8, 4) is 0 Å². The van der Waals surface area contributed by atoms with E-state index in [2.05, 4.69) is 4.98 Å². The predicted molar refractivity (Wildman–Crippen MR) is 41.5 cm³/mol. The summed E-state index contributed by atoms with van der Waals surface area (Å²) in [6.07, 6.45) is 1.66. The minimum atomic E-state index is 0.0286. The molecule has 0 aliphatic carbocycles. The van der Waals surface area contributed by atoms with Crippen LogP contribution in [-0.2, 0) is 6.61 Å². The van der Waals surface area contributed by atoms with Crippen LogP contribution in [0.4, 0.5) is 0 Å². The van der Waals surface area contributed by atoms with Gasteiger partial charge in [-0.05, 0) is 12.1 Å². The number of hydrogen-bond acceptors (Lipinski definition) is 2. The zero-order chi connectivity index (χ0) is 7.82. The van der Waals surface area contributed by atoms with E-state index in [0.29, 0.717) is 5.69 Å². The van der Waals surface area contributed by atoms with Crippen molar-refractivity contribution in [1.82, 2.24) is 4.98 Å². The number of pyridine rings is 1. The van der Waals surface area contributed by atoms with Gasteiger partial charge in [-0.2, -0.15) is 0 Å². The molecule has 0 spiro atoms. The van der Waals surface area contributed by atoms with Crippen LogP contribution in [-0.4, -0.2) is 10.1 Å². The molecule has 2 heteroatoms. The van der Waals surface area contributed by atoms with Crippen molar-refractivity contribution < 1.29 is 5.11 Å². The van der Waals surface area contributed by atoms with Crippen LogP contribution < -0.4 is 0 Å². The van der Waals surface area contributed by atoms with Gasteiger partial charge in [0.25, 0.3) is 0 Å². The maximum Gasteiger partial charge on any atom is 0.0852 e. The fourth-order valence-corrected chi connectivity index (χ4v) is 0.492. The van der Waals surface area contributed by atoms with Gasteiger partial charge in [-0.1, -0.05) is 19.9 Å². The monoisotopic (exact) mass is 139 g/mol. The van der Waals surface area contributed by atoms with Gasteiger partial charge in [-0.25, -0.2) is 0 Å². The molecule has 56 valence electrons. The van der Waals surface area contributed by atoms with E-state index in [1.54, 1.807) is 12.3 Å². The molecule has 0 saturated carbocycles. The van der Waals surface area contributed by atoms with Gasteiger partial charge in [0.05, 0.1) is 12.3 Å². The average molecular weight is 139 g/mol. The standard InChI is InChI=1S/C6H7NO.C2H6/c8-5-6-3-1-2-4-7-6;1-2/h1-4,8H,5H2;1-2H3. The first-order valence-corrected chi connectivity index (χ1v) is 3.44. The number of hydrogen-bond donors (Lipinski definition) is 1. The minimum absolute atomic E-state index is 0.0286. The Morgan fingerprint density at radius 1 is 1.40 bits per heavy atom. The summed E-state index contributed by atoms with van der Waals surface area (Å²) in [4.78, 5) is 3.85. The Bertz CT molecular complexity index is 151. The summed E-state index contributed by atoms with van der Waals surface area (Å²) < 4.78 is 0. The molecule has 0 aromatic carbocycles. The van der Waals surface area contributed by atoms with Crippen LogP contribution >= 0.6 is 0 Å². The van der Waals surface area contributed by atoms with E-state index in [4.69, 9.17) is 5.11 Å². The number of rotatable bonds is 1. The zero-order valence-electron chi connectivity index (χ0n) is 6.41. The third-order valence-corrected chi connectivity index (χ3v) is 0.888. The van der Waals surface area contributed by atoms with Crippen molar-refractivity contribution in [3.63, 3.8) is 0 Å². The molecule has 10 heavy (non-hydrogen) atoms. The molecule has 1 heterocycles. The summed E-state index contributed by atoms with van der Waals surface area (Å²) in [5, 5.41) is 8.48. The van der Waals surface area contributed by atoms with Crippen molar-refractivity contribution in [1.29, 1.82) is 0 Å². The summed E-state index contributed by atoms with van der Waals surface area (Å²) >= 11 is 0. The summed E-state index contributed by atoms with van der Waals surface area (Å²) in [7, 11) is 0. The van der Waals surface area contributed by atoms with Gasteiger partial charge in [0.1, 0.15) is 0 Å². The van der Waals surface area contributed by atoms with E-state index in [-0.39, 0.29) is 6.61 Å². The Kier molecular flexibility index (Phi) is 5.68. The first kappa shape index (κ1) is 9.11. The quantitative estimate of drug-likeness (QED) is 0.641. The highest BCUT2D eigenvalue weighted by Crippen LogP contribution is 1.89. The van der Waals surface area contributed by atoms with Gasteiger partial charge in [-0.15, -0.1) is 0 Å². The van der Waals surface area contributed by atoms with E-state index in [1.165, 1.54) is 0 Å². The molecule has 0 bridgehead atoms. The fraction of sp³-hybridized carbons (Fsp3) is 0.375. The van der Waals surface area contributed by atoms with E-state index < -0.39 is 0 Å².